The van der Waals surface area contributed by atoms with Crippen molar-refractivity contribution < 1.29 is 9.18 Å². The number of carbonyl (C=O) groups is 1. The van der Waals surface area contributed by atoms with E-state index in [0.717, 1.165) is 6.29 Å². The van der Waals surface area contributed by atoms with E-state index in [1.807, 2.05) is 0 Å². The molecule has 3 aliphatic rings. The summed E-state index contributed by atoms with van der Waals surface area (Å²) in [4.78, 5) is 10.1. The quantitative estimate of drug-likeness (QED) is 0.466. The van der Waals surface area contributed by atoms with Gasteiger partial charge in [-0.05, 0) is 19.3 Å². The lowest BCUT2D eigenvalue weighted by atomic mass is 9.43. The molecule has 0 N–H and O–H groups in total. The molecule has 0 atom stereocenters. The molecule has 0 amide bonds. The minimum Gasteiger partial charge on any atom is -0.303 e. The van der Waals surface area contributed by atoms with Gasteiger partial charge in [0, 0.05) is 5.41 Å². The van der Waals surface area contributed by atoms with Crippen molar-refractivity contribution in [2.24, 2.45) is 5.41 Å². The number of rotatable bonds is 1. The first kappa shape index (κ1) is 4.48. The first-order valence-electron chi connectivity index (χ1n) is 2.83. The Morgan fingerprint density at radius 3 is 2.00 bits per heavy atom. The van der Waals surface area contributed by atoms with Crippen LogP contribution in [0.5, 0.6) is 0 Å². The van der Waals surface area contributed by atoms with E-state index in [4.69, 9.17) is 0 Å². The molecule has 0 aliphatic heterocycles. The van der Waals surface area contributed by atoms with Crippen LogP contribution in [0.1, 0.15) is 19.3 Å². The summed E-state index contributed by atoms with van der Waals surface area (Å²) in [6.45, 7) is 0. The molecule has 3 saturated carbocycles. The van der Waals surface area contributed by atoms with Gasteiger partial charge in [0.25, 0.3) is 0 Å². The van der Waals surface area contributed by atoms with Gasteiger partial charge in [0.2, 0.25) is 0 Å². The molecule has 0 heterocycles. The number of hydrogen-bond donors (Lipinski definition) is 0. The molecule has 0 unspecified atom stereocenters. The second-order valence-electron chi connectivity index (χ2n) is 3.16. The number of halogens is 1. The molecule has 1 nitrogen and oxygen atoms in total. The molecule has 8 heavy (non-hydrogen) atoms. The summed E-state index contributed by atoms with van der Waals surface area (Å²) in [5, 5.41) is 0. The molecule has 3 fully saturated rings. The highest BCUT2D eigenvalue weighted by atomic mass is 19.1. The Balaban J connectivity index is 2.13. The highest BCUT2D eigenvalue weighted by Gasteiger charge is 2.69. The van der Waals surface area contributed by atoms with E-state index in [1.165, 1.54) is 0 Å². The maximum Gasteiger partial charge on any atom is 0.126 e. The lowest BCUT2D eigenvalue weighted by molar-refractivity contribution is -0.201. The molecule has 0 aromatic carbocycles. The Morgan fingerprint density at radius 1 is 1.38 bits per heavy atom. The summed E-state index contributed by atoms with van der Waals surface area (Å²) in [6, 6.07) is 0. The Hall–Kier alpha value is -0.400. The second kappa shape index (κ2) is 0.850. The lowest BCUT2D eigenvalue weighted by Gasteiger charge is -2.62. The average Bonchev–Trinajstić information content (AvgIpc) is 1.55. The van der Waals surface area contributed by atoms with E-state index in [1.54, 1.807) is 0 Å². The lowest BCUT2D eigenvalue weighted by Crippen LogP contribution is -2.64. The highest BCUT2D eigenvalue weighted by molar-refractivity contribution is 5.66. The summed E-state index contributed by atoms with van der Waals surface area (Å²) in [6.07, 6.45) is 2.42. The molecule has 0 spiro atoms. The summed E-state index contributed by atoms with van der Waals surface area (Å²) in [5.74, 6) is 0. The van der Waals surface area contributed by atoms with Crippen molar-refractivity contribution in [2.45, 2.75) is 24.9 Å². The van der Waals surface area contributed by atoms with Crippen LogP contribution in [-0.2, 0) is 4.79 Å². The summed E-state index contributed by atoms with van der Waals surface area (Å²) < 4.78 is 12.5. The van der Waals surface area contributed by atoms with Crippen LogP contribution in [0.2, 0.25) is 0 Å². The third-order valence-corrected chi connectivity index (χ3v) is 2.26. The van der Waals surface area contributed by atoms with Gasteiger partial charge in [0.05, 0.1) is 0 Å². The molecule has 2 bridgehead atoms. The Kier molecular flexibility index (Phi) is 0.476. The van der Waals surface area contributed by atoms with Crippen molar-refractivity contribution in [3.8, 4) is 0 Å². The molecule has 0 saturated heterocycles. The van der Waals surface area contributed by atoms with Gasteiger partial charge in [-0.15, -0.1) is 0 Å². The SMILES string of the molecule is O=CC12CC(F)(C1)C2. The van der Waals surface area contributed by atoms with Crippen molar-refractivity contribution in [3.63, 3.8) is 0 Å². The molecule has 44 valence electrons. The molecule has 2 heteroatoms. The fraction of sp³-hybridized carbons (Fsp3) is 0.833. The molecular formula is C6H7FO. The number of hydrogen-bond acceptors (Lipinski definition) is 1. The largest absolute Gasteiger partial charge is 0.303 e. The van der Waals surface area contributed by atoms with Gasteiger partial charge in [0.1, 0.15) is 12.0 Å². The van der Waals surface area contributed by atoms with Crippen molar-refractivity contribution in [1.82, 2.24) is 0 Å². The van der Waals surface area contributed by atoms with Crippen LogP contribution in [0.3, 0.4) is 0 Å². The molecule has 3 aliphatic carbocycles. The monoisotopic (exact) mass is 114 g/mol. The first-order valence-corrected chi connectivity index (χ1v) is 2.83. The van der Waals surface area contributed by atoms with Gasteiger partial charge in [-0.2, -0.15) is 0 Å². The van der Waals surface area contributed by atoms with E-state index in [9.17, 15) is 9.18 Å². The zero-order valence-corrected chi connectivity index (χ0v) is 4.48. The van der Waals surface area contributed by atoms with Gasteiger partial charge in [0.15, 0.2) is 0 Å². The van der Waals surface area contributed by atoms with E-state index in [-0.39, 0.29) is 5.41 Å². The Labute approximate surface area is 46.9 Å². The maximum absolute atomic E-state index is 12.5. The number of aldehydes is 1. The molecule has 0 radical (unpaired) electrons. The topological polar surface area (TPSA) is 17.1 Å². The third-order valence-electron chi connectivity index (χ3n) is 2.26. The van der Waals surface area contributed by atoms with Crippen molar-refractivity contribution in [2.75, 3.05) is 0 Å². The third kappa shape index (κ3) is 0.279. The van der Waals surface area contributed by atoms with E-state index in [0.29, 0.717) is 19.3 Å². The predicted molar refractivity (Wildman–Crippen MR) is 26.2 cm³/mol. The van der Waals surface area contributed by atoms with Crippen LogP contribution < -0.4 is 0 Å². The Morgan fingerprint density at radius 2 is 1.88 bits per heavy atom. The zero-order valence-electron chi connectivity index (χ0n) is 4.48. The minimum absolute atomic E-state index is 0.186. The van der Waals surface area contributed by atoms with Crippen LogP contribution in [-0.4, -0.2) is 12.0 Å². The number of carbonyl (C=O) groups excluding carboxylic acids is 1. The number of alkyl halides is 1. The van der Waals surface area contributed by atoms with E-state index >= 15 is 0 Å². The van der Waals surface area contributed by atoms with Gasteiger partial charge >= 0.3 is 0 Å². The molecule has 0 aromatic rings. The van der Waals surface area contributed by atoms with Crippen molar-refractivity contribution >= 4 is 6.29 Å². The van der Waals surface area contributed by atoms with Gasteiger partial charge < -0.3 is 4.79 Å². The normalized spacial score (nSPS) is 58.6. The molecule has 0 aromatic heterocycles. The van der Waals surface area contributed by atoms with Crippen LogP contribution in [0.15, 0.2) is 0 Å². The summed E-state index contributed by atoms with van der Waals surface area (Å²) in [7, 11) is 0. The van der Waals surface area contributed by atoms with Crippen LogP contribution in [0.4, 0.5) is 4.39 Å². The van der Waals surface area contributed by atoms with Crippen molar-refractivity contribution in [3.05, 3.63) is 0 Å². The fourth-order valence-electron chi connectivity index (χ4n) is 1.86. The minimum atomic E-state index is -0.902. The van der Waals surface area contributed by atoms with Gasteiger partial charge in [-0.1, -0.05) is 0 Å². The maximum atomic E-state index is 12.5. The zero-order chi connectivity index (χ0) is 5.83. The van der Waals surface area contributed by atoms with E-state index < -0.39 is 5.67 Å². The predicted octanol–water partition coefficient (Wildman–Crippen LogP) is 1.08. The molecule has 3 rings (SSSR count). The highest BCUT2D eigenvalue weighted by Crippen LogP contribution is 2.68. The van der Waals surface area contributed by atoms with Crippen LogP contribution in [0.25, 0.3) is 0 Å². The van der Waals surface area contributed by atoms with Gasteiger partial charge in [-0.25, -0.2) is 4.39 Å². The molecular weight excluding hydrogens is 107 g/mol. The van der Waals surface area contributed by atoms with Gasteiger partial charge in [-0.3, -0.25) is 0 Å². The second-order valence-corrected chi connectivity index (χ2v) is 3.16. The summed E-state index contributed by atoms with van der Waals surface area (Å²) >= 11 is 0. The fourth-order valence-corrected chi connectivity index (χ4v) is 1.86. The van der Waals surface area contributed by atoms with Crippen molar-refractivity contribution in [1.29, 1.82) is 0 Å². The Bertz CT molecular complexity index is 133. The standard InChI is InChI=1S/C6H7FO/c7-6-1-5(2-6,3-6)4-8/h4H,1-3H2. The van der Waals surface area contributed by atoms with E-state index in [2.05, 4.69) is 0 Å². The summed E-state index contributed by atoms with van der Waals surface area (Å²) in [5.41, 5.74) is -1.09. The smallest absolute Gasteiger partial charge is 0.126 e. The average molecular weight is 114 g/mol. The van der Waals surface area contributed by atoms with Crippen LogP contribution in [0, 0.1) is 5.41 Å². The first-order chi connectivity index (χ1) is 3.68. The van der Waals surface area contributed by atoms with Crippen LogP contribution >= 0.6 is 0 Å².